The standard InChI is InChI=1S/C30H39NO4/c1-26(2)11-12-30(25(34)35)10-7-18-23(19(30)15-26)20(32)13-22-28(18,5)9-8-21-27(3,4)24(33)17(16-31)14-29(21,22)6/h13-14,18-19,21,23H,7-12,15H2,1-6H3,(H,34,35)/t18?,19-,21-,23-,28-,29-,30+/m0/s1. The van der Waals surface area contributed by atoms with Crippen molar-refractivity contribution in [2.75, 3.05) is 0 Å². The molecule has 0 aromatic heterocycles. The molecule has 1 unspecified atom stereocenters. The summed E-state index contributed by atoms with van der Waals surface area (Å²) in [6.07, 6.45) is 9.10. The predicted octanol–water partition coefficient (Wildman–Crippen LogP) is 5.90. The molecule has 7 atom stereocenters. The van der Waals surface area contributed by atoms with E-state index in [1.165, 1.54) is 0 Å². The molecule has 0 spiro atoms. The van der Waals surface area contributed by atoms with E-state index in [9.17, 15) is 24.8 Å². The maximum atomic E-state index is 14.0. The Bertz CT molecular complexity index is 1140. The summed E-state index contributed by atoms with van der Waals surface area (Å²) in [6, 6.07) is 2.14. The highest BCUT2D eigenvalue weighted by Gasteiger charge is 2.67. The van der Waals surface area contributed by atoms with Gasteiger partial charge in [-0.3, -0.25) is 14.4 Å². The fourth-order valence-electron chi connectivity index (χ4n) is 9.65. The molecule has 0 saturated heterocycles. The normalized spacial score (nSPS) is 45.5. The summed E-state index contributed by atoms with van der Waals surface area (Å²) in [5, 5.41) is 20.2. The lowest BCUT2D eigenvalue weighted by atomic mass is 9.38. The Hall–Kier alpha value is -2.22. The molecule has 0 heterocycles. The first kappa shape index (κ1) is 24.5. The SMILES string of the molecule is CC1(C)CC[C@]2(C(=O)O)CCC3[C@H](C(=O)C=C4[C@@]3(C)CC[C@H]3C(C)(C)C(=O)C(C#N)=C[C@]43C)[C@@H]2C1. The van der Waals surface area contributed by atoms with E-state index in [4.69, 9.17) is 0 Å². The molecule has 0 radical (unpaired) electrons. The van der Waals surface area contributed by atoms with Crippen LogP contribution in [-0.2, 0) is 14.4 Å². The molecule has 3 fully saturated rings. The first-order chi connectivity index (χ1) is 16.1. The predicted molar refractivity (Wildman–Crippen MR) is 132 cm³/mol. The van der Waals surface area contributed by atoms with Gasteiger partial charge in [0.1, 0.15) is 6.07 Å². The molecule has 0 aromatic carbocycles. The minimum absolute atomic E-state index is 0.0263. The van der Waals surface area contributed by atoms with Crippen LogP contribution in [0.2, 0.25) is 0 Å². The van der Waals surface area contributed by atoms with E-state index in [2.05, 4.69) is 33.8 Å². The highest BCUT2D eigenvalue weighted by Crippen LogP contribution is 2.70. The van der Waals surface area contributed by atoms with Crippen LogP contribution >= 0.6 is 0 Å². The van der Waals surface area contributed by atoms with E-state index in [1.54, 1.807) is 0 Å². The number of nitriles is 1. The molecule has 5 nitrogen and oxygen atoms in total. The lowest BCUT2D eigenvalue weighted by Crippen LogP contribution is -2.61. The number of allylic oxidation sites excluding steroid dienone is 4. The Labute approximate surface area is 209 Å². The van der Waals surface area contributed by atoms with E-state index < -0.39 is 22.2 Å². The van der Waals surface area contributed by atoms with E-state index >= 15 is 0 Å². The molecule has 5 heteroatoms. The summed E-state index contributed by atoms with van der Waals surface area (Å²) < 4.78 is 0. The van der Waals surface area contributed by atoms with Crippen molar-refractivity contribution in [1.82, 2.24) is 0 Å². The van der Waals surface area contributed by atoms with Crippen molar-refractivity contribution in [2.24, 2.45) is 50.7 Å². The fourth-order valence-corrected chi connectivity index (χ4v) is 9.65. The van der Waals surface area contributed by atoms with Crippen LogP contribution < -0.4 is 0 Å². The average Bonchev–Trinajstić information content (AvgIpc) is 2.76. The molecular weight excluding hydrogens is 438 g/mol. The second kappa shape index (κ2) is 7.17. The first-order valence-corrected chi connectivity index (χ1v) is 13.3. The van der Waals surface area contributed by atoms with Crippen molar-refractivity contribution in [3.8, 4) is 6.07 Å². The van der Waals surface area contributed by atoms with Crippen molar-refractivity contribution >= 4 is 17.5 Å². The molecule has 5 aliphatic carbocycles. The third-order valence-corrected chi connectivity index (χ3v) is 11.5. The molecule has 35 heavy (non-hydrogen) atoms. The van der Waals surface area contributed by atoms with Crippen LogP contribution in [0.3, 0.4) is 0 Å². The molecule has 3 saturated carbocycles. The maximum Gasteiger partial charge on any atom is 0.309 e. The fraction of sp³-hybridized carbons (Fsp3) is 0.733. The van der Waals surface area contributed by atoms with Crippen LogP contribution in [-0.4, -0.2) is 22.6 Å². The van der Waals surface area contributed by atoms with Gasteiger partial charge in [-0.05, 0) is 79.6 Å². The van der Waals surface area contributed by atoms with Crippen molar-refractivity contribution < 1.29 is 19.5 Å². The van der Waals surface area contributed by atoms with Gasteiger partial charge in [0.15, 0.2) is 11.6 Å². The number of carbonyl (C=O) groups is 3. The van der Waals surface area contributed by atoms with Crippen molar-refractivity contribution in [3.63, 3.8) is 0 Å². The summed E-state index contributed by atoms with van der Waals surface area (Å²) in [4.78, 5) is 39.8. The van der Waals surface area contributed by atoms with Crippen molar-refractivity contribution in [3.05, 3.63) is 23.3 Å². The summed E-state index contributed by atoms with van der Waals surface area (Å²) >= 11 is 0. The van der Waals surface area contributed by atoms with Gasteiger partial charge in [-0.25, -0.2) is 0 Å². The highest BCUT2D eigenvalue weighted by molar-refractivity contribution is 6.04. The zero-order chi connectivity index (χ0) is 25.8. The quantitative estimate of drug-likeness (QED) is 0.507. The van der Waals surface area contributed by atoms with Gasteiger partial charge in [-0.2, -0.15) is 5.26 Å². The molecule has 0 aliphatic heterocycles. The van der Waals surface area contributed by atoms with Crippen LogP contribution in [0.25, 0.3) is 0 Å². The van der Waals surface area contributed by atoms with E-state index in [0.717, 1.165) is 37.7 Å². The molecule has 0 amide bonds. The van der Waals surface area contributed by atoms with Crippen LogP contribution in [0.1, 0.15) is 86.5 Å². The first-order valence-electron chi connectivity index (χ1n) is 13.3. The van der Waals surface area contributed by atoms with Gasteiger partial charge in [0.25, 0.3) is 0 Å². The van der Waals surface area contributed by atoms with E-state index in [1.807, 2.05) is 26.0 Å². The number of fused-ring (bicyclic) bond motifs is 7. The number of Topliss-reactive ketones (excluding diaryl/α,β-unsaturated/α-hetero) is 1. The van der Waals surface area contributed by atoms with Gasteiger partial charge in [-0.1, -0.05) is 53.2 Å². The lowest BCUT2D eigenvalue weighted by Gasteiger charge is -2.64. The Morgan fingerprint density at radius 2 is 1.69 bits per heavy atom. The molecule has 188 valence electrons. The van der Waals surface area contributed by atoms with Gasteiger partial charge >= 0.3 is 5.97 Å². The van der Waals surface area contributed by atoms with Gasteiger partial charge in [0, 0.05) is 16.7 Å². The molecule has 0 aromatic rings. The minimum Gasteiger partial charge on any atom is -0.481 e. The number of nitrogens with zero attached hydrogens (tertiary/aromatic N) is 1. The summed E-state index contributed by atoms with van der Waals surface area (Å²) in [6.45, 7) is 12.7. The number of carbonyl (C=O) groups excluding carboxylic acids is 2. The Morgan fingerprint density at radius 3 is 2.31 bits per heavy atom. The number of carboxylic acid groups (broad SMARTS) is 1. The van der Waals surface area contributed by atoms with Gasteiger partial charge < -0.3 is 5.11 Å². The Balaban J connectivity index is 1.66. The van der Waals surface area contributed by atoms with Crippen LogP contribution in [0, 0.1) is 62.1 Å². The van der Waals surface area contributed by atoms with Gasteiger partial charge in [0.2, 0.25) is 0 Å². The van der Waals surface area contributed by atoms with Crippen LogP contribution in [0.4, 0.5) is 0 Å². The Morgan fingerprint density at radius 1 is 1.00 bits per heavy atom. The molecule has 0 bridgehead atoms. The van der Waals surface area contributed by atoms with E-state index in [0.29, 0.717) is 12.8 Å². The van der Waals surface area contributed by atoms with Crippen molar-refractivity contribution in [2.45, 2.75) is 86.5 Å². The van der Waals surface area contributed by atoms with Crippen LogP contribution in [0.5, 0.6) is 0 Å². The Kier molecular flexibility index (Phi) is 5.02. The summed E-state index contributed by atoms with van der Waals surface area (Å²) in [7, 11) is 0. The average molecular weight is 478 g/mol. The molecule has 1 N–H and O–H groups in total. The lowest BCUT2D eigenvalue weighted by molar-refractivity contribution is -0.175. The van der Waals surface area contributed by atoms with E-state index in [-0.39, 0.29) is 51.6 Å². The highest BCUT2D eigenvalue weighted by atomic mass is 16.4. The second-order valence-electron chi connectivity index (χ2n) is 14.1. The molecule has 5 rings (SSSR count). The minimum atomic E-state index is -0.803. The van der Waals surface area contributed by atoms with Gasteiger partial charge in [0.05, 0.1) is 11.0 Å². The van der Waals surface area contributed by atoms with Crippen LogP contribution in [0.15, 0.2) is 23.3 Å². The number of hydrogen-bond acceptors (Lipinski definition) is 4. The third kappa shape index (κ3) is 3.01. The maximum absolute atomic E-state index is 14.0. The zero-order valence-electron chi connectivity index (χ0n) is 22.0. The largest absolute Gasteiger partial charge is 0.481 e. The number of rotatable bonds is 1. The number of aliphatic carboxylic acids is 1. The number of ketones is 2. The monoisotopic (exact) mass is 477 g/mol. The second-order valence-corrected chi connectivity index (χ2v) is 14.1. The molecule has 5 aliphatic rings. The summed E-state index contributed by atoms with van der Waals surface area (Å²) in [5.74, 6) is -1.05. The molecular formula is C30H39NO4. The topological polar surface area (TPSA) is 95.2 Å². The number of carboxylic acids is 1. The number of hydrogen-bond donors (Lipinski definition) is 1. The third-order valence-electron chi connectivity index (χ3n) is 11.5. The summed E-state index contributed by atoms with van der Waals surface area (Å²) in [5.41, 5.74) is -0.960. The van der Waals surface area contributed by atoms with Crippen molar-refractivity contribution in [1.29, 1.82) is 5.26 Å². The smallest absolute Gasteiger partial charge is 0.309 e. The van der Waals surface area contributed by atoms with Gasteiger partial charge in [-0.15, -0.1) is 0 Å². The zero-order valence-corrected chi connectivity index (χ0v) is 22.0.